The zero-order valence-corrected chi connectivity index (χ0v) is 8.42. The Morgan fingerprint density at radius 1 is 1.38 bits per heavy atom. The Kier molecular flexibility index (Phi) is 2.64. The summed E-state index contributed by atoms with van der Waals surface area (Å²) in [6.07, 6.45) is -3.04. The molecular weight excluding hydrogens is 220 g/mol. The molecule has 1 N–H and O–H groups in total. The fourth-order valence-corrected chi connectivity index (χ4v) is 1.37. The summed E-state index contributed by atoms with van der Waals surface area (Å²) in [5.41, 5.74) is 0.938. The van der Waals surface area contributed by atoms with Gasteiger partial charge >= 0.3 is 6.43 Å². The van der Waals surface area contributed by atoms with E-state index in [1.807, 2.05) is 0 Å². The van der Waals surface area contributed by atoms with Gasteiger partial charge in [0.2, 0.25) is 6.79 Å². The van der Waals surface area contributed by atoms with Gasteiger partial charge in [-0.2, -0.15) is 8.78 Å². The second-order valence-corrected chi connectivity index (χ2v) is 3.31. The number of carbonyl (C=O) groups excluding carboxylic acids is 1. The van der Waals surface area contributed by atoms with Crippen LogP contribution in [0.15, 0.2) is 12.1 Å². The monoisotopic (exact) mass is 229 g/mol. The number of amides is 1. The van der Waals surface area contributed by atoms with Gasteiger partial charge < -0.3 is 14.8 Å². The number of hydrogen-bond acceptors (Lipinski definition) is 3. The third-order valence-electron chi connectivity index (χ3n) is 2.18. The van der Waals surface area contributed by atoms with Crippen LogP contribution in [-0.4, -0.2) is 19.1 Å². The number of rotatable bonds is 2. The zero-order valence-electron chi connectivity index (χ0n) is 8.42. The third-order valence-corrected chi connectivity index (χ3v) is 2.18. The van der Waals surface area contributed by atoms with Crippen LogP contribution in [0.2, 0.25) is 0 Å². The molecule has 0 saturated heterocycles. The molecule has 1 aromatic rings. The highest BCUT2D eigenvalue weighted by Gasteiger charge is 2.19. The second kappa shape index (κ2) is 3.96. The van der Waals surface area contributed by atoms with Crippen LogP contribution in [0.1, 0.15) is 5.56 Å². The molecular formula is C10H9F2NO3. The Labute approximate surface area is 90.2 Å². The number of carbonyl (C=O) groups is 1. The summed E-state index contributed by atoms with van der Waals surface area (Å²) in [7, 11) is 0. The van der Waals surface area contributed by atoms with Gasteiger partial charge in [-0.3, -0.25) is 4.79 Å². The van der Waals surface area contributed by atoms with Crippen LogP contribution >= 0.6 is 0 Å². The summed E-state index contributed by atoms with van der Waals surface area (Å²) in [6, 6.07) is 3.10. The lowest BCUT2D eigenvalue weighted by atomic mass is 10.1. The Morgan fingerprint density at radius 3 is 2.62 bits per heavy atom. The lowest BCUT2D eigenvalue weighted by molar-refractivity contribution is -0.126. The molecule has 2 rings (SSSR count). The van der Waals surface area contributed by atoms with Gasteiger partial charge in [0.25, 0.3) is 5.91 Å². The van der Waals surface area contributed by atoms with Crippen molar-refractivity contribution < 1.29 is 23.0 Å². The average molecular weight is 229 g/mol. The molecule has 0 unspecified atom stereocenters. The Bertz CT molecular complexity index is 434. The van der Waals surface area contributed by atoms with Crippen molar-refractivity contribution in [1.29, 1.82) is 0 Å². The van der Waals surface area contributed by atoms with Crippen molar-refractivity contribution in [2.45, 2.75) is 13.3 Å². The molecule has 4 nitrogen and oxygen atoms in total. The van der Waals surface area contributed by atoms with E-state index in [-0.39, 0.29) is 6.79 Å². The van der Waals surface area contributed by atoms with Crippen LogP contribution in [0.5, 0.6) is 11.5 Å². The molecule has 0 aliphatic carbocycles. The van der Waals surface area contributed by atoms with E-state index >= 15 is 0 Å². The van der Waals surface area contributed by atoms with Gasteiger partial charge in [0, 0.05) is 11.8 Å². The molecule has 1 aromatic carbocycles. The summed E-state index contributed by atoms with van der Waals surface area (Å²) in [5.74, 6) is -0.343. The van der Waals surface area contributed by atoms with Crippen molar-refractivity contribution in [2.75, 3.05) is 12.1 Å². The van der Waals surface area contributed by atoms with E-state index in [0.29, 0.717) is 22.7 Å². The van der Waals surface area contributed by atoms with Gasteiger partial charge in [0.15, 0.2) is 11.5 Å². The van der Waals surface area contributed by atoms with E-state index < -0.39 is 12.3 Å². The van der Waals surface area contributed by atoms with Crippen molar-refractivity contribution in [1.82, 2.24) is 0 Å². The lowest BCUT2D eigenvalue weighted by Gasteiger charge is -2.08. The highest BCUT2D eigenvalue weighted by atomic mass is 19.3. The molecule has 1 aliphatic rings. The van der Waals surface area contributed by atoms with E-state index in [2.05, 4.69) is 5.32 Å². The molecule has 0 spiro atoms. The zero-order chi connectivity index (χ0) is 11.7. The molecule has 1 amide bonds. The summed E-state index contributed by atoms with van der Waals surface area (Å²) >= 11 is 0. The van der Waals surface area contributed by atoms with E-state index in [1.165, 1.54) is 6.07 Å². The van der Waals surface area contributed by atoms with Crippen LogP contribution in [0.25, 0.3) is 0 Å². The number of aryl methyl sites for hydroxylation is 1. The van der Waals surface area contributed by atoms with Gasteiger partial charge in [-0.1, -0.05) is 0 Å². The molecule has 1 heterocycles. The summed E-state index contributed by atoms with van der Waals surface area (Å²) in [4.78, 5) is 10.8. The van der Waals surface area contributed by atoms with E-state index in [0.717, 1.165) is 0 Å². The highest BCUT2D eigenvalue weighted by Crippen LogP contribution is 2.36. The quantitative estimate of drug-likeness (QED) is 0.842. The maximum atomic E-state index is 12.1. The maximum Gasteiger partial charge on any atom is 0.315 e. The molecule has 16 heavy (non-hydrogen) atoms. The smallest absolute Gasteiger partial charge is 0.315 e. The van der Waals surface area contributed by atoms with Crippen LogP contribution < -0.4 is 14.8 Å². The van der Waals surface area contributed by atoms with Crippen LogP contribution in [0.4, 0.5) is 14.5 Å². The van der Waals surface area contributed by atoms with Crippen LogP contribution in [0.3, 0.4) is 0 Å². The molecule has 0 radical (unpaired) electrons. The summed E-state index contributed by atoms with van der Waals surface area (Å²) in [6.45, 7) is 1.78. The first-order valence-electron chi connectivity index (χ1n) is 4.57. The number of ether oxygens (including phenoxy) is 2. The number of hydrogen-bond donors (Lipinski definition) is 1. The molecule has 1 aliphatic heterocycles. The maximum absolute atomic E-state index is 12.1. The standard InChI is InChI=1S/C10H9F2NO3/c1-5-2-7-8(16-4-15-7)3-6(5)13-10(14)9(11)12/h2-3,9H,4H2,1H3,(H,13,14). The predicted octanol–water partition coefficient (Wildman–Crippen LogP) is 1.93. The van der Waals surface area contributed by atoms with Crippen molar-refractivity contribution in [3.05, 3.63) is 17.7 Å². The van der Waals surface area contributed by atoms with Gasteiger partial charge in [0.1, 0.15) is 0 Å². The fourth-order valence-electron chi connectivity index (χ4n) is 1.37. The second-order valence-electron chi connectivity index (χ2n) is 3.31. The number of fused-ring (bicyclic) bond motifs is 1. The molecule has 6 heteroatoms. The largest absolute Gasteiger partial charge is 0.454 e. The van der Waals surface area contributed by atoms with Crippen LogP contribution in [0, 0.1) is 6.92 Å². The average Bonchev–Trinajstić information content (AvgIpc) is 2.65. The van der Waals surface area contributed by atoms with E-state index in [9.17, 15) is 13.6 Å². The molecule has 0 atom stereocenters. The Balaban J connectivity index is 2.25. The SMILES string of the molecule is Cc1cc2c(cc1NC(=O)C(F)F)OCO2. The fraction of sp³-hybridized carbons (Fsp3) is 0.300. The minimum Gasteiger partial charge on any atom is -0.454 e. The molecule has 0 bridgehead atoms. The summed E-state index contributed by atoms with van der Waals surface area (Å²) < 4.78 is 34.3. The van der Waals surface area contributed by atoms with Gasteiger partial charge in [0.05, 0.1) is 0 Å². The first-order chi connectivity index (χ1) is 7.58. The first kappa shape index (κ1) is 10.7. The minimum atomic E-state index is -3.04. The van der Waals surface area contributed by atoms with Crippen molar-refractivity contribution >= 4 is 11.6 Å². The topological polar surface area (TPSA) is 47.6 Å². The number of benzene rings is 1. The lowest BCUT2D eigenvalue weighted by Crippen LogP contribution is -2.20. The minimum absolute atomic E-state index is 0.0982. The third kappa shape index (κ3) is 1.91. The summed E-state index contributed by atoms with van der Waals surface area (Å²) in [5, 5.41) is 2.11. The normalized spacial score (nSPS) is 13.0. The van der Waals surface area contributed by atoms with Crippen LogP contribution in [-0.2, 0) is 4.79 Å². The first-order valence-corrected chi connectivity index (χ1v) is 4.57. The molecule has 86 valence electrons. The van der Waals surface area contributed by atoms with E-state index in [4.69, 9.17) is 9.47 Å². The molecule has 0 saturated carbocycles. The van der Waals surface area contributed by atoms with Gasteiger partial charge in [-0.25, -0.2) is 0 Å². The van der Waals surface area contributed by atoms with Crippen molar-refractivity contribution in [2.24, 2.45) is 0 Å². The Hall–Kier alpha value is -1.85. The Morgan fingerprint density at radius 2 is 2.00 bits per heavy atom. The highest BCUT2D eigenvalue weighted by molar-refractivity contribution is 5.94. The number of nitrogens with one attached hydrogen (secondary N) is 1. The molecule has 0 aromatic heterocycles. The van der Waals surface area contributed by atoms with E-state index in [1.54, 1.807) is 13.0 Å². The van der Waals surface area contributed by atoms with Gasteiger partial charge in [-0.05, 0) is 18.6 Å². The number of alkyl halides is 2. The van der Waals surface area contributed by atoms with Crippen molar-refractivity contribution in [3.63, 3.8) is 0 Å². The van der Waals surface area contributed by atoms with Crippen molar-refractivity contribution in [3.8, 4) is 11.5 Å². The predicted molar refractivity (Wildman–Crippen MR) is 51.9 cm³/mol. The number of anilines is 1. The number of halogens is 2. The van der Waals surface area contributed by atoms with Gasteiger partial charge in [-0.15, -0.1) is 0 Å². The molecule has 0 fully saturated rings.